The highest BCUT2D eigenvalue weighted by molar-refractivity contribution is 5.64. The van der Waals surface area contributed by atoms with Crippen LogP contribution in [0, 0.1) is 6.92 Å². The standard InChI is InChI=1S/C12H15N3O/c1-8-4-5-9(6-11(8)16-3)10-7-12(13)15(2)14-10/h4-7H,13H2,1-3H3. The van der Waals surface area contributed by atoms with E-state index in [0.717, 1.165) is 22.6 Å². The van der Waals surface area contributed by atoms with Crippen molar-refractivity contribution in [1.29, 1.82) is 0 Å². The predicted molar refractivity (Wildman–Crippen MR) is 64.3 cm³/mol. The van der Waals surface area contributed by atoms with E-state index in [1.54, 1.807) is 11.8 Å². The number of aryl methyl sites for hydroxylation is 2. The van der Waals surface area contributed by atoms with E-state index in [1.807, 2.05) is 38.2 Å². The molecule has 0 bridgehead atoms. The molecular formula is C12H15N3O. The predicted octanol–water partition coefficient (Wildman–Crippen LogP) is 1.99. The lowest BCUT2D eigenvalue weighted by atomic mass is 10.1. The molecule has 0 unspecified atom stereocenters. The molecule has 1 heterocycles. The minimum absolute atomic E-state index is 0.648. The van der Waals surface area contributed by atoms with Crippen LogP contribution in [0.25, 0.3) is 11.3 Å². The van der Waals surface area contributed by atoms with Gasteiger partial charge < -0.3 is 10.5 Å². The van der Waals surface area contributed by atoms with Crippen LogP contribution >= 0.6 is 0 Å². The average Bonchev–Trinajstić information content (AvgIpc) is 2.60. The third-order valence-corrected chi connectivity index (χ3v) is 2.62. The second-order valence-electron chi connectivity index (χ2n) is 3.76. The third-order valence-electron chi connectivity index (χ3n) is 2.62. The van der Waals surface area contributed by atoms with E-state index >= 15 is 0 Å². The van der Waals surface area contributed by atoms with Gasteiger partial charge >= 0.3 is 0 Å². The number of hydrogen-bond acceptors (Lipinski definition) is 3. The molecule has 84 valence electrons. The topological polar surface area (TPSA) is 53.1 Å². The molecule has 0 atom stereocenters. The van der Waals surface area contributed by atoms with Gasteiger partial charge in [-0.15, -0.1) is 0 Å². The van der Waals surface area contributed by atoms with Crippen LogP contribution < -0.4 is 10.5 Å². The highest BCUT2D eigenvalue weighted by Gasteiger charge is 2.07. The zero-order valence-electron chi connectivity index (χ0n) is 9.69. The number of anilines is 1. The molecule has 16 heavy (non-hydrogen) atoms. The quantitative estimate of drug-likeness (QED) is 0.836. The van der Waals surface area contributed by atoms with E-state index in [2.05, 4.69) is 5.10 Å². The van der Waals surface area contributed by atoms with Crippen molar-refractivity contribution in [2.24, 2.45) is 7.05 Å². The number of nitrogens with zero attached hydrogens (tertiary/aromatic N) is 2. The summed E-state index contributed by atoms with van der Waals surface area (Å²) in [6.07, 6.45) is 0. The Morgan fingerprint density at radius 2 is 2.06 bits per heavy atom. The van der Waals surface area contributed by atoms with Gasteiger partial charge in [0.25, 0.3) is 0 Å². The van der Waals surface area contributed by atoms with Crippen molar-refractivity contribution >= 4 is 5.82 Å². The fourth-order valence-corrected chi connectivity index (χ4v) is 1.60. The largest absolute Gasteiger partial charge is 0.496 e. The van der Waals surface area contributed by atoms with Crippen molar-refractivity contribution in [1.82, 2.24) is 9.78 Å². The van der Waals surface area contributed by atoms with E-state index in [4.69, 9.17) is 10.5 Å². The molecule has 4 nitrogen and oxygen atoms in total. The van der Waals surface area contributed by atoms with Crippen molar-refractivity contribution in [2.45, 2.75) is 6.92 Å². The average molecular weight is 217 g/mol. The summed E-state index contributed by atoms with van der Waals surface area (Å²) in [4.78, 5) is 0. The molecule has 0 saturated heterocycles. The van der Waals surface area contributed by atoms with Gasteiger partial charge in [-0.25, -0.2) is 0 Å². The van der Waals surface area contributed by atoms with Crippen LogP contribution in [-0.4, -0.2) is 16.9 Å². The minimum Gasteiger partial charge on any atom is -0.496 e. The Kier molecular flexibility index (Phi) is 2.56. The molecule has 2 aromatic rings. The molecule has 0 aliphatic heterocycles. The third kappa shape index (κ3) is 1.74. The maximum Gasteiger partial charge on any atom is 0.122 e. The van der Waals surface area contributed by atoms with Gasteiger partial charge in [0.15, 0.2) is 0 Å². The second-order valence-corrected chi connectivity index (χ2v) is 3.76. The van der Waals surface area contributed by atoms with Crippen molar-refractivity contribution in [2.75, 3.05) is 12.8 Å². The molecule has 0 radical (unpaired) electrons. The van der Waals surface area contributed by atoms with Gasteiger partial charge in [-0.05, 0) is 18.6 Å². The molecule has 1 aromatic heterocycles. The molecule has 2 rings (SSSR count). The van der Waals surface area contributed by atoms with Gasteiger partial charge in [-0.1, -0.05) is 12.1 Å². The first-order valence-electron chi connectivity index (χ1n) is 5.06. The van der Waals surface area contributed by atoms with Crippen molar-refractivity contribution < 1.29 is 4.74 Å². The SMILES string of the molecule is COc1cc(-c2cc(N)n(C)n2)ccc1C. The van der Waals surface area contributed by atoms with Crippen LogP contribution in [0.4, 0.5) is 5.82 Å². The zero-order valence-corrected chi connectivity index (χ0v) is 9.69. The highest BCUT2D eigenvalue weighted by Crippen LogP contribution is 2.26. The zero-order chi connectivity index (χ0) is 11.7. The molecule has 1 aromatic carbocycles. The number of methoxy groups -OCH3 is 1. The number of nitrogen functional groups attached to an aromatic ring is 1. The number of benzene rings is 1. The molecule has 0 aliphatic rings. The monoisotopic (exact) mass is 217 g/mol. The lowest BCUT2D eigenvalue weighted by Crippen LogP contribution is -1.96. The Bertz CT molecular complexity index is 497. The van der Waals surface area contributed by atoms with Gasteiger partial charge in [0.2, 0.25) is 0 Å². The summed E-state index contributed by atoms with van der Waals surface area (Å²) in [7, 11) is 3.49. The van der Waals surface area contributed by atoms with Gasteiger partial charge in [-0.2, -0.15) is 5.10 Å². The van der Waals surface area contributed by atoms with E-state index < -0.39 is 0 Å². The lowest BCUT2D eigenvalue weighted by molar-refractivity contribution is 0.412. The molecule has 0 amide bonds. The summed E-state index contributed by atoms with van der Waals surface area (Å²) in [5.41, 5.74) is 8.72. The van der Waals surface area contributed by atoms with Crippen LogP contribution in [0.1, 0.15) is 5.56 Å². The van der Waals surface area contributed by atoms with E-state index in [0.29, 0.717) is 5.82 Å². The summed E-state index contributed by atoms with van der Waals surface area (Å²) in [5.74, 6) is 1.51. The molecule has 2 N–H and O–H groups in total. The van der Waals surface area contributed by atoms with Gasteiger partial charge in [0.1, 0.15) is 11.6 Å². The summed E-state index contributed by atoms with van der Waals surface area (Å²) >= 11 is 0. The number of nitrogens with two attached hydrogens (primary N) is 1. The van der Waals surface area contributed by atoms with Crippen LogP contribution in [0.3, 0.4) is 0 Å². The Labute approximate surface area is 94.6 Å². The fraction of sp³-hybridized carbons (Fsp3) is 0.250. The smallest absolute Gasteiger partial charge is 0.122 e. The number of hydrogen-bond donors (Lipinski definition) is 1. The first kappa shape index (κ1) is 10.5. The number of aromatic nitrogens is 2. The molecule has 0 fully saturated rings. The fourth-order valence-electron chi connectivity index (χ4n) is 1.60. The Hall–Kier alpha value is -1.97. The van der Waals surface area contributed by atoms with Crippen LogP contribution in [-0.2, 0) is 7.05 Å². The van der Waals surface area contributed by atoms with Crippen LogP contribution in [0.15, 0.2) is 24.3 Å². The number of ether oxygens (including phenoxy) is 1. The first-order valence-corrected chi connectivity index (χ1v) is 5.06. The van der Waals surface area contributed by atoms with Crippen LogP contribution in [0.2, 0.25) is 0 Å². The van der Waals surface area contributed by atoms with Gasteiger partial charge in [-0.3, -0.25) is 4.68 Å². The highest BCUT2D eigenvalue weighted by atomic mass is 16.5. The Balaban J connectivity index is 2.48. The Morgan fingerprint density at radius 3 is 2.62 bits per heavy atom. The number of rotatable bonds is 2. The van der Waals surface area contributed by atoms with Crippen molar-refractivity contribution in [3.63, 3.8) is 0 Å². The second kappa shape index (κ2) is 3.89. The van der Waals surface area contributed by atoms with Gasteiger partial charge in [0.05, 0.1) is 12.8 Å². The maximum absolute atomic E-state index is 5.75. The summed E-state index contributed by atoms with van der Waals surface area (Å²) in [6.45, 7) is 2.01. The first-order chi connectivity index (χ1) is 7.61. The van der Waals surface area contributed by atoms with E-state index in [-0.39, 0.29) is 0 Å². The Morgan fingerprint density at radius 1 is 1.31 bits per heavy atom. The van der Waals surface area contributed by atoms with Crippen molar-refractivity contribution in [3.8, 4) is 17.0 Å². The lowest BCUT2D eigenvalue weighted by Gasteiger charge is -2.05. The summed E-state index contributed by atoms with van der Waals surface area (Å²) < 4.78 is 6.93. The summed E-state index contributed by atoms with van der Waals surface area (Å²) in [5, 5.41) is 4.32. The molecule has 0 saturated carbocycles. The van der Waals surface area contributed by atoms with E-state index in [1.165, 1.54) is 0 Å². The van der Waals surface area contributed by atoms with Crippen LogP contribution in [0.5, 0.6) is 5.75 Å². The normalized spacial score (nSPS) is 10.4. The molecule has 4 heteroatoms. The van der Waals surface area contributed by atoms with Crippen molar-refractivity contribution in [3.05, 3.63) is 29.8 Å². The molecule has 0 aliphatic carbocycles. The summed E-state index contributed by atoms with van der Waals surface area (Å²) in [6, 6.07) is 7.85. The molecule has 0 spiro atoms. The minimum atomic E-state index is 0.648. The van der Waals surface area contributed by atoms with E-state index in [9.17, 15) is 0 Å². The molecular weight excluding hydrogens is 202 g/mol. The van der Waals surface area contributed by atoms with Gasteiger partial charge in [0, 0.05) is 18.7 Å². The maximum atomic E-state index is 5.75.